The maximum Gasteiger partial charge on any atom is 0.137 e. The number of hydrogen-bond donors (Lipinski definition) is 0. The molecule has 0 fully saturated rings. The highest BCUT2D eigenvalue weighted by Crippen LogP contribution is 2.51. The molecule has 1 heterocycles. The van der Waals surface area contributed by atoms with Crippen LogP contribution in [0.5, 0.6) is 0 Å². The third-order valence-electron chi connectivity index (χ3n) is 8.21. The van der Waals surface area contributed by atoms with Crippen molar-refractivity contribution in [2.45, 2.75) is 5.92 Å². The second-order valence-electron chi connectivity index (χ2n) is 10.5. The van der Waals surface area contributed by atoms with Crippen LogP contribution in [0.1, 0.15) is 22.8 Å². The van der Waals surface area contributed by atoms with E-state index in [-0.39, 0.29) is 11.8 Å². The monoisotopic (exact) mass is 513 g/mol. The number of benzene rings is 5. The first kappa shape index (κ1) is 22.9. The van der Waals surface area contributed by atoms with Gasteiger partial charge in [-0.2, -0.15) is 0 Å². The Morgan fingerprint density at radius 1 is 0.575 bits per heavy atom. The summed E-state index contributed by atoms with van der Waals surface area (Å²) < 4.78 is 6.72. The highest BCUT2D eigenvalue weighted by Gasteiger charge is 2.35. The van der Waals surface area contributed by atoms with Gasteiger partial charge < -0.3 is 9.32 Å². The topological polar surface area (TPSA) is 16.4 Å². The Morgan fingerprint density at radius 3 is 2.12 bits per heavy atom. The summed E-state index contributed by atoms with van der Waals surface area (Å²) >= 11 is 0. The molecule has 2 aliphatic rings. The minimum absolute atomic E-state index is 0.159. The summed E-state index contributed by atoms with van der Waals surface area (Å²) in [6.07, 6.45) is 11.3. The van der Waals surface area contributed by atoms with Crippen molar-refractivity contribution in [2.75, 3.05) is 4.90 Å². The first-order valence-corrected chi connectivity index (χ1v) is 13.9. The van der Waals surface area contributed by atoms with E-state index in [9.17, 15) is 0 Å². The van der Waals surface area contributed by atoms with Crippen molar-refractivity contribution in [3.63, 3.8) is 0 Å². The lowest BCUT2D eigenvalue weighted by molar-refractivity contribution is 0.496. The van der Waals surface area contributed by atoms with Crippen molar-refractivity contribution in [3.05, 3.63) is 163 Å². The zero-order chi connectivity index (χ0) is 26.5. The predicted octanol–water partition coefficient (Wildman–Crippen LogP) is 10.4. The van der Waals surface area contributed by atoms with Gasteiger partial charge in [0.25, 0.3) is 0 Å². The fraction of sp³-hybridized carbons (Fsp3) is 0.0526. The van der Waals surface area contributed by atoms with Gasteiger partial charge in [0.2, 0.25) is 0 Å². The van der Waals surface area contributed by atoms with E-state index >= 15 is 0 Å². The number of hydrogen-bond acceptors (Lipinski definition) is 2. The SMILES string of the molecule is C1=CC2C(c3ccccc3)=Cc3c(oc4cccc(N(c5ccccc5)c5ccc6ccccc6c5)c34)C2C=C1. The van der Waals surface area contributed by atoms with Crippen LogP contribution < -0.4 is 4.90 Å². The van der Waals surface area contributed by atoms with Crippen molar-refractivity contribution in [3.8, 4) is 0 Å². The van der Waals surface area contributed by atoms with Gasteiger partial charge in [-0.15, -0.1) is 0 Å². The van der Waals surface area contributed by atoms with Crippen LogP contribution in [0.25, 0.3) is 33.4 Å². The normalized spacial score (nSPS) is 17.4. The lowest BCUT2D eigenvalue weighted by Crippen LogP contribution is -2.17. The smallest absolute Gasteiger partial charge is 0.137 e. The zero-order valence-electron chi connectivity index (χ0n) is 21.9. The van der Waals surface area contributed by atoms with E-state index in [1.54, 1.807) is 0 Å². The second-order valence-corrected chi connectivity index (χ2v) is 10.5. The van der Waals surface area contributed by atoms with Crippen molar-refractivity contribution in [1.29, 1.82) is 0 Å². The van der Waals surface area contributed by atoms with E-state index in [2.05, 4.69) is 157 Å². The molecule has 0 aliphatic heterocycles. The summed E-state index contributed by atoms with van der Waals surface area (Å²) in [6.45, 7) is 0. The quantitative estimate of drug-likeness (QED) is 0.233. The lowest BCUT2D eigenvalue weighted by atomic mass is 9.73. The summed E-state index contributed by atoms with van der Waals surface area (Å²) in [5, 5.41) is 3.59. The molecule has 2 heteroatoms. The molecule has 8 rings (SSSR count). The van der Waals surface area contributed by atoms with Gasteiger partial charge >= 0.3 is 0 Å². The van der Waals surface area contributed by atoms with E-state index in [0.717, 1.165) is 33.8 Å². The average molecular weight is 514 g/mol. The van der Waals surface area contributed by atoms with Crippen molar-refractivity contribution in [2.24, 2.45) is 5.92 Å². The van der Waals surface area contributed by atoms with Gasteiger partial charge in [-0.1, -0.05) is 109 Å². The molecule has 0 spiro atoms. The van der Waals surface area contributed by atoms with Crippen molar-refractivity contribution >= 4 is 50.5 Å². The number of para-hydroxylation sites is 1. The van der Waals surface area contributed by atoms with Gasteiger partial charge in [0.1, 0.15) is 11.3 Å². The third-order valence-corrected chi connectivity index (χ3v) is 8.21. The number of fused-ring (bicyclic) bond motifs is 6. The number of anilines is 3. The predicted molar refractivity (Wildman–Crippen MR) is 167 cm³/mol. The first-order valence-electron chi connectivity index (χ1n) is 13.9. The van der Waals surface area contributed by atoms with Gasteiger partial charge in [0.05, 0.1) is 11.1 Å². The summed E-state index contributed by atoms with van der Waals surface area (Å²) in [7, 11) is 0. The molecular formula is C38H27NO. The van der Waals surface area contributed by atoms with E-state index < -0.39 is 0 Å². The van der Waals surface area contributed by atoms with E-state index in [0.29, 0.717) is 0 Å². The zero-order valence-corrected chi connectivity index (χ0v) is 21.9. The minimum atomic E-state index is 0.159. The molecular weight excluding hydrogens is 486 g/mol. The fourth-order valence-corrected chi connectivity index (χ4v) is 6.38. The highest BCUT2D eigenvalue weighted by atomic mass is 16.3. The van der Waals surface area contributed by atoms with Gasteiger partial charge in [-0.05, 0) is 64.4 Å². The van der Waals surface area contributed by atoms with Gasteiger partial charge in [-0.3, -0.25) is 0 Å². The molecule has 2 atom stereocenters. The van der Waals surface area contributed by atoms with Gasteiger partial charge in [-0.25, -0.2) is 0 Å². The van der Waals surface area contributed by atoms with Gasteiger partial charge in [0, 0.05) is 28.8 Å². The molecule has 0 bridgehead atoms. The Kier molecular flexibility index (Phi) is 5.31. The maximum atomic E-state index is 6.72. The molecule has 190 valence electrons. The molecule has 2 unspecified atom stereocenters. The standard InChI is InChI=1S/C38H27NO/c1-3-13-27(14-4-1)33-25-34-37-35(20-11-21-36(37)40-38(34)32-19-10-9-18-31(32)33)39(29-16-5-2-6-17-29)30-23-22-26-12-7-8-15-28(26)24-30/h1-25,31-32H. The van der Waals surface area contributed by atoms with Crippen LogP contribution in [0.3, 0.4) is 0 Å². The van der Waals surface area contributed by atoms with Crippen molar-refractivity contribution in [1.82, 2.24) is 0 Å². The molecule has 1 aromatic heterocycles. The number of furan rings is 1. The van der Waals surface area contributed by atoms with Crippen LogP contribution in [-0.4, -0.2) is 0 Å². The molecule has 0 radical (unpaired) electrons. The fourth-order valence-electron chi connectivity index (χ4n) is 6.38. The van der Waals surface area contributed by atoms with E-state index in [1.807, 2.05) is 0 Å². The minimum Gasteiger partial charge on any atom is -0.460 e. The Balaban J connectivity index is 1.40. The highest BCUT2D eigenvalue weighted by molar-refractivity contribution is 6.06. The summed E-state index contributed by atoms with van der Waals surface area (Å²) in [4.78, 5) is 2.36. The van der Waals surface area contributed by atoms with Crippen LogP contribution in [0.2, 0.25) is 0 Å². The largest absolute Gasteiger partial charge is 0.460 e. The molecule has 5 aromatic carbocycles. The Labute approximate surface area is 233 Å². The lowest BCUT2D eigenvalue weighted by Gasteiger charge is -2.30. The maximum absolute atomic E-state index is 6.72. The average Bonchev–Trinajstić information content (AvgIpc) is 3.41. The second kappa shape index (κ2) is 9.29. The van der Waals surface area contributed by atoms with Crippen LogP contribution in [0.4, 0.5) is 17.1 Å². The third kappa shape index (κ3) is 3.65. The molecule has 0 N–H and O–H groups in total. The van der Waals surface area contributed by atoms with Gasteiger partial charge in [0.15, 0.2) is 0 Å². The molecule has 6 aromatic rings. The van der Waals surface area contributed by atoms with E-state index in [4.69, 9.17) is 4.42 Å². The van der Waals surface area contributed by atoms with E-state index in [1.165, 1.54) is 27.5 Å². The summed E-state index contributed by atoms with van der Waals surface area (Å²) in [6, 6.07) is 43.1. The van der Waals surface area contributed by atoms with Crippen LogP contribution >= 0.6 is 0 Å². The van der Waals surface area contributed by atoms with Crippen molar-refractivity contribution < 1.29 is 4.42 Å². The number of allylic oxidation sites excluding steroid dienone is 5. The number of nitrogens with zero attached hydrogens (tertiary/aromatic N) is 1. The van der Waals surface area contributed by atoms with Crippen LogP contribution in [0, 0.1) is 5.92 Å². The molecule has 0 amide bonds. The molecule has 40 heavy (non-hydrogen) atoms. The molecule has 0 saturated heterocycles. The first-order chi connectivity index (χ1) is 19.8. The Morgan fingerprint density at radius 2 is 1.30 bits per heavy atom. The van der Waals surface area contributed by atoms with Crippen LogP contribution in [0.15, 0.2) is 150 Å². The molecule has 0 saturated carbocycles. The van der Waals surface area contributed by atoms with Crippen LogP contribution in [-0.2, 0) is 0 Å². The molecule has 2 aliphatic carbocycles. The molecule has 2 nitrogen and oxygen atoms in total. The summed E-state index contributed by atoms with van der Waals surface area (Å²) in [5.41, 5.74) is 8.01. The summed E-state index contributed by atoms with van der Waals surface area (Å²) in [5.74, 6) is 1.44. The Hall–Kier alpha value is -5.08. The number of rotatable bonds is 4. The Bertz CT molecular complexity index is 1960.